The first-order chi connectivity index (χ1) is 10.0. The molecule has 0 spiro atoms. The van der Waals surface area contributed by atoms with Crippen LogP contribution in [0.15, 0.2) is 29.4 Å². The van der Waals surface area contributed by atoms with Crippen LogP contribution in [0.25, 0.3) is 0 Å². The summed E-state index contributed by atoms with van der Waals surface area (Å²) in [6, 6.07) is 6.76. The molecule has 0 amide bonds. The fraction of sp³-hybridized carbons (Fsp3) is 0.417. The minimum Gasteiger partial charge on any atom is -0.409 e. The average Bonchev–Trinajstić information content (AvgIpc) is 2.53. The fourth-order valence-electron chi connectivity index (χ4n) is 1.90. The van der Waals surface area contributed by atoms with Gasteiger partial charge in [0.25, 0.3) is 10.2 Å². The first-order valence-electron chi connectivity index (χ1n) is 6.42. The number of oxime groups is 1. The van der Waals surface area contributed by atoms with Gasteiger partial charge in [-0.15, -0.1) is 0 Å². The van der Waals surface area contributed by atoms with Crippen LogP contribution < -0.4 is 10.5 Å². The van der Waals surface area contributed by atoms with E-state index in [-0.39, 0.29) is 12.4 Å². The van der Waals surface area contributed by atoms with Crippen LogP contribution in [0.1, 0.15) is 11.1 Å². The molecule has 8 nitrogen and oxygen atoms in total. The van der Waals surface area contributed by atoms with Crippen LogP contribution in [0.3, 0.4) is 0 Å². The van der Waals surface area contributed by atoms with Crippen molar-refractivity contribution in [1.29, 1.82) is 0 Å². The summed E-state index contributed by atoms with van der Waals surface area (Å²) in [6.07, 6.45) is 0. The highest BCUT2D eigenvalue weighted by molar-refractivity contribution is 7.87. The molecule has 1 saturated heterocycles. The minimum absolute atomic E-state index is 0.00967. The lowest BCUT2D eigenvalue weighted by Crippen LogP contribution is -2.46. The molecular formula is C12H18N4O4S. The van der Waals surface area contributed by atoms with Crippen molar-refractivity contribution in [3.63, 3.8) is 0 Å². The lowest BCUT2D eigenvalue weighted by molar-refractivity contribution is 0.0725. The van der Waals surface area contributed by atoms with E-state index in [2.05, 4.69) is 9.88 Å². The van der Waals surface area contributed by atoms with Gasteiger partial charge in [0.05, 0.1) is 13.2 Å². The normalized spacial score (nSPS) is 17.8. The summed E-state index contributed by atoms with van der Waals surface area (Å²) in [7, 11) is -3.50. The van der Waals surface area contributed by atoms with Crippen LogP contribution in [0.4, 0.5) is 0 Å². The third-order valence-electron chi connectivity index (χ3n) is 3.13. The van der Waals surface area contributed by atoms with E-state index in [4.69, 9.17) is 15.7 Å². The van der Waals surface area contributed by atoms with Gasteiger partial charge >= 0.3 is 0 Å². The Kier molecular flexibility index (Phi) is 5.12. The van der Waals surface area contributed by atoms with Crippen molar-refractivity contribution >= 4 is 16.0 Å². The molecule has 0 saturated carbocycles. The predicted octanol–water partition coefficient (Wildman–Crippen LogP) is -0.552. The molecule has 1 fully saturated rings. The van der Waals surface area contributed by atoms with E-state index in [0.29, 0.717) is 31.9 Å². The third-order valence-corrected chi connectivity index (χ3v) is 4.68. The van der Waals surface area contributed by atoms with Gasteiger partial charge in [-0.1, -0.05) is 29.4 Å². The quantitative estimate of drug-likeness (QED) is 0.292. The Bertz CT molecular complexity index is 594. The second kappa shape index (κ2) is 6.85. The van der Waals surface area contributed by atoms with Gasteiger partial charge in [-0.2, -0.15) is 17.4 Å². The summed E-state index contributed by atoms with van der Waals surface area (Å²) in [5.41, 5.74) is 6.80. The van der Waals surface area contributed by atoms with E-state index in [0.717, 1.165) is 5.56 Å². The second-order valence-electron chi connectivity index (χ2n) is 4.52. The maximum absolute atomic E-state index is 12.1. The second-order valence-corrected chi connectivity index (χ2v) is 6.27. The summed E-state index contributed by atoms with van der Waals surface area (Å²) in [5.74, 6) is 0.00967. The monoisotopic (exact) mass is 314 g/mol. The molecule has 116 valence electrons. The van der Waals surface area contributed by atoms with Gasteiger partial charge in [-0.05, 0) is 5.56 Å². The Hall–Kier alpha value is -1.68. The van der Waals surface area contributed by atoms with Crippen LogP contribution in [0, 0.1) is 0 Å². The van der Waals surface area contributed by atoms with Crippen molar-refractivity contribution in [3.8, 4) is 0 Å². The Labute approximate surface area is 123 Å². The van der Waals surface area contributed by atoms with E-state index in [9.17, 15) is 8.42 Å². The van der Waals surface area contributed by atoms with Crippen molar-refractivity contribution < 1.29 is 18.4 Å². The maximum atomic E-state index is 12.1. The standard InChI is InChI=1S/C12H18N4O4S/c13-12(15-17)11-3-1-10(2-4-11)9-14-21(18,19)16-5-7-20-8-6-16/h1-4,14,17H,5-9H2,(H2,13,15). The molecule has 0 radical (unpaired) electrons. The predicted molar refractivity (Wildman–Crippen MR) is 77.1 cm³/mol. The smallest absolute Gasteiger partial charge is 0.279 e. The number of nitrogens with one attached hydrogen (secondary N) is 1. The zero-order chi connectivity index (χ0) is 15.3. The topological polar surface area (TPSA) is 117 Å². The van der Waals surface area contributed by atoms with Crippen molar-refractivity contribution in [2.75, 3.05) is 26.3 Å². The summed E-state index contributed by atoms with van der Waals surface area (Å²) in [4.78, 5) is 0. The van der Waals surface area contributed by atoms with Crippen LogP contribution >= 0.6 is 0 Å². The molecule has 4 N–H and O–H groups in total. The van der Waals surface area contributed by atoms with Crippen LogP contribution in [0.5, 0.6) is 0 Å². The summed E-state index contributed by atoms with van der Waals surface area (Å²) in [6.45, 7) is 1.72. The number of benzene rings is 1. The fourth-order valence-corrected chi connectivity index (χ4v) is 3.07. The number of nitrogens with two attached hydrogens (primary N) is 1. The SMILES string of the molecule is NC(=NO)c1ccc(CNS(=O)(=O)N2CCOCC2)cc1. The molecule has 1 aliphatic heterocycles. The molecule has 1 heterocycles. The Balaban J connectivity index is 1.96. The number of hydrogen-bond donors (Lipinski definition) is 3. The molecule has 0 aliphatic carbocycles. The first kappa shape index (κ1) is 15.7. The molecule has 1 aliphatic rings. The highest BCUT2D eigenvalue weighted by atomic mass is 32.2. The molecule has 0 unspecified atom stereocenters. The van der Waals surface area contributed by atoms with E-state index < -0.39 is 10.2 Å². The van der Waals surface area contributed by atoms with Crippen LogP contribution in [-0.2, 0) is 21.5 Å². The number of nitrogens with zero attached hydrogens (tertiary/aromatic N) is 2. The Morgan fingerprint density at radius 1 is 1.33 bits per heavy atom. The summed E-state index contributed by atoms with van der Waals surface area (Å²) in [5, 5.41) is 11.5. The minimum atomic E-state index is -3.50. The highest BCUT2D eigenvalue weighted by Gasteiger charge is 2.23. The number of morpholine rings is 1. The molecule has 9 heteroatoms. The zero-order valence-corrected chi connectivity index (χ0v) is 12.2. The number of ether oxygens (including phenoxy) is 1. The van der Waals surface area contributed by atoms with Gasteiger partial charge in [0.15, 0.2) is 5.84 Å². The van der Waals surface area contributed by atoms with Gasteiger partial charge in [0.2, 0.25) is 0 Å². The molecule has 0 atom stereocenters. The number of hydrogen-bond acceptors (Lipinski definition) is 5. The highest BCUT2D eigenvalue weighted by Crippen LogP contribution is 2.07. The van der Waals surface area contributed by atoms with E-state index in [1.54, 1.807) is 24.3 Å². The molecular weight excluding hydrogens is 296 g/mol. The van der Waals surface area contributed by atoms with Gasteiger partial charge in [0.1, 0.15) is 0 Å². The number of amidine groups is 1. The zero-order valence-electron chi connectivity index (χ0n) is 11.4. The van der Waals surface area contributed by atoms with Gasteiger partial charge < -0.3 is 15.7 Å². The Morgan fingerprint density at radius 2 is 1.95 bits per heavy atom. The lowest BCUT2D eigenvalue weighted by atomic mass is 10.1. The summed E-state index contributed by atoms with van der Waals surface area (Å²) < 4.78 is 33.2. The van der Waals surface area contributed by atoms with Crippen molar-refractivity contribution in [2.24, 2.45) is 10.9 Å². The first-order valence-corrected chi connectivity index (χ1v) is 7.86. The van der Waals surface area contributed by atoms with E-state index in [1.165, 1.54) is 4.31 Å². The van der Waals surface area contributed by atoms with Gasteiger partial charge in [-0.25, -0.2) is 0 Å². The third kappa shape index (κ3) is 4.14. The van der Waals surface area contributed by atoms with E-state index >= 15 is 0 Å². The molecule has 1 aromatic rings. The van der Waals surface area contributed by atoms with Gasteiger partial charge in [0, 0.05) is 25.2 Å². The molecule has 1 aromatic carbocycles. The molecule has 21 heavy (non-hydrogen) atoms. The van der Waals surface area contributed by atoms with Crippen LogP contribution in [-0.4, -0.2) is 50.1 Å². The number of rotatable bonds is 5. The maximum Gasteiger partial charge on any atom is 0.279 e. The van der Waals surface area contributed by atoms with Crippen molar-refractivity contribution in [3.05, 3.63) is 35.4 Å². The molecule has 0 bridgehead atoms. The van der Waals surface area contributed by atoms with Crippen molar-refractivity contribution in [2.45, 2.75) is 6.54 Å². The van der Waals surface area contributed by atoms with Gasteiger partial charge in [-0.3, -0.25) is 0 Å². The average molecular weight is 314 g/mol. The Morgan fingerprint density at radius 3 is 2.52 bits per heavy atom. The largest absolute Gasteiger partial charge is 0.409 e. The molecule has 0 aromatic heterocycles. The lowest BCUT2D eigenvalue weighted by Gasteiger charge is -2.26. The van der Waals surface area contributed by atoms with Crippen LogP contribution in [0.2, 0.25) is 0 Å². The van der Waals surface area contributed by atoms with E-state index in [1.807, 2.05) is 0 Å². The summed E-state index contributed by atoms with van der Waals surface area (Å²) >= 11 is 0. The molecule has 2 rings (SSSR count). The van der Waals surface area contributed by atoms with Crippen molar-refractivity contribution in [1.82, 2.24) is 9.03 Å².